The first-order valence-electron chi connectivity index (χ1n) is 8.18. The molecule has 2 rings (SSSR count). The highest BCUT2D eigenvalue weighted by molar-refractivity contribution is 4.87. The zero-order chi connectivity index (χ0) is 14.4. The van der Waals surface area contributed by atoms with Crippen LogP contribution in [0.4, 0.5) is 0 Å². The van der Waals surface area contributed by atoms with Gasteiger partial charge in [0.15, 0.2) is 6.29 Å². The lowest BCUT2D eigenvalue weighted by molar-refractivity contribution is -0.145. The van der Waals surface area contributed by atoms with Crippen molar-refractivity contribution in [2.45, 2.75) is 51.5 Å². The molecule has 2 saturated heterocycles. The molecule has 0 bridgehead atoms. The van der Waals surface area contributed by atoms with E-state index in [9.17, 15) is 0 Å². The Balaban J connectivity index is 1.73. The summed E-state index contributed by atoms with van der Waals surface area (Å²) in [6.07, 6.45) is 3.49. The molecule has 0 amide bonds. The van der Waals surface area contributed by atoms with Crippen molar-refractivity contribution in [2.24, 2.45) is 5.73 Å². The van der Waals surface area contributed by atoms with Gasteiger partial charge in [-0.15, -0.1) is 0 Å². The van der Waals surface area contributed by atoms with Crippen LogP contribution in [-0.2, 0) is 9.47 Å². The minimum absolute atomic E-state index is 0.0708. The van der Waals surface area contributed by atoms with E-state index in [0.29, 0.717) is 25.3 Å². The molecule has 0 saturated carbocycles. The number of rotatable bonds is 7. The summed E-state index contributed by atoms with van der Waals surface area (Å²) in [4.78, 5) is 5.11. The van der Waals surface area contributed by atoms with Crippen molar-refractivity contribution in [2.75, 3.05) is 45.9 Å². The van der Waals surface area contributed by atoms with E-state index >= 15 is 0 Å². The number of hydrogen-bond acceptors (Lipinski definition) is 5. The highest BCUT2D eigenvalue weighted by Gasteiger charge is 2.30. The largest absolute Gasteiger partial charge is 0.352 e. The summed E-state index contributed by atoms with van der Waals surface area (Å²) in [5.74, 6) is 0. The average molecular weight is 285 g/mol. The Hall–Kier alpha value is -0.200. The normalized spacial score (nSPS) is 26.7. The molecule has 0 aliphatic carbocycles. The molecule has 1 atom stereocenters. The van der Waals surface area contributed by atoms with Gasteiger partial charge in [0.1, 0.15) is 0 Å². The molecule has 0 radical (unpaired) electrons. The summed E-state index contributed by atoms with van der Waals surface area (Å²) in [5, 5.41) is 0. The van der Waals surface area contributed by atoms with E-state index in [-0.39, 0.29) is 6.29 Å². The Morgan fingerprint density at radius 1 is 1.05 bits per heavy atom. The van der Waals surface area contributed by atoms with Crippen LogP contribution in [-0.4, -0.2) is 74.1 Å². The Kier molecular flexibility index (Phi) is 6.71. The Bertz CT molecular complexity index is 264. The number of hydrogen-bond donors (Lipinski definition) is 1. The van der Waals surface area contributed by atoms with Crippen LogP contribution < -0.4 is 5.73 Å². The minimum Gasteiger partial charge on any atom is -0.352 e. The number of nitrogens with zero attached hydrogens (tertiary/aromatic N) is 2. The van der Waals surface area contributed by atoms with Gasteiger partial charge in [-0.05, 0) is 52.7 Å². The maximum atomic E-state index is 5.99. The summed E-state index contributed by atoms with van der Waals surface area (Å²) in [6.45, 7) is 11.0. The summed E-state index contributed by atoms with van der Waals surface area (Å²) in [7, 11) is 0. The number of piperidine rings is 1. The number of likely N-dealkylation sites (tertiary alicyclic amines) is 2. The second-order valence-electron chi connectivity index (χ2n) is 5.92. The molecule has 2 N–H and O–H groups in total. The first kappa shape index (κ1) is 16.2. The van der Waals surface area contributed by atoms with Gasteiger partial charge in [0.2, 0.25) is 0 Å². The van der Waals surface area contributed by atoms with E-state index in [1.165, 1.54) is 19.5 Å². The van der Waals surface area contributed by atoms with E-state index in [1.54, 1.807) is 0 Å². The van der Waals surface area contributed by atoms with Crippen LogP contribution in [0.1, 0.15) is 33.1 Å². The van der Waals surface area contributed by atoms with E-state index in [4.69, 9.17) is 15.2 Å². The fourth-order valence-electron chi connectivity index (χ4n) is 3.30. The molecule has 2 aliphatic rings. The van der Waals surface area contributed by atoms with Crippen LogP contribution in [0.3, 0.4) is 0 Å². The highest BCUT2D eigenvalue weighted by atomic mass is 16.7. The van der Waals surface area contributed by atoms with Crippen molar-refractivity contribution in [1.82, 2.24) is 9.80 Å². The maximum Gasteiger partial charge on any atom is 0.170 e. The Morgan fingerprint density at radius 3 is 2.30 bits per heavy atom. The van der Waals surface area contributed by atoms with Crippen LogP contribution in [0, 0.1) is 0 Å². The molecular weight excluding hydrogens is 254 g/mol. The lowest BCUT2D eigenvalue weighted by Gasteiger charge is -2.35. The molecule has 0 aromatic heterocycles. The fourth-order valence-corrected chi connectivity index (χ4v) is 3.30. The van der Waals surface area contributed by atoms with Crippen molar-refractivity contribution in [3.8, 4) is 0 Å². The fraction of sp³-hybridized carbons (Fsp3) is 1.00. The minimum atomic E-state index is -0.0708. The van der Waals surface area contributed by atoms with Crippen LogP contribution in [0.5, 0.6) is 0 Å². The predicted octanol–water partition coefficient (Wildman–Crippen LogP) is 0.883. The van der Waals surface area contributed by atoms with Crippen LogP contribution in [0.15, 0.2) is 0 Å². The first-order valence-corrected chi connectivity index (χ1v) is 8.18. The van der Waals surface area contributed by atoms with Crippen molar-refractivity contribution < 1.29 is 9.47 Å². The second kappa shape index (κ2) is 8.29. The number of nitrogens with two attached hydrogens (primary N) is 1. The molecule has 118 valence electrons. The molecule has 20 heavy (non-hydrogen) atoms. The van der Waals surface area contributed by atoms with Gasteiger partial charge in [0.05, 0.1) is 0 Å². The van der Waals surface area contributed by atoms with Gasteiger partial charge in [-0.3, -0.25) is 9.80 Å². The van der Waals surface area contributed by atoms with Gasteiger partial charge < -0.3 is 15.2 Å². The van der Waals surface area contributed by atoms with Gasteiger partial charge in [0.25, 0.3) is 0 Å². The van der Waals surface area contributed by atoms with Gasteiger partial charge in [0, 0.05) is 38.4 Å². The van der Waals surface area contributed by atoms with Crippen LogP contribution in [0.25, 0.3) is 0 Å². The van der Waals surface area contributed by atoms with Gasteiger partial charge in [-0.1, -0.05) is 0 Å². The Labute approximate surface area is 123 Å². The number of ether oxygens (including phenoxy) is 2. The topological polar surface area (TPSA) is 51.0 Å². The molecule has 2 heterocycles. The summed E-state index contributed by atoms with van der Waals surface area (Å²) >= 11 is 0. The molecule has 0 aromatic carbocycles. The highest BCUT2D eigenvalue weighted by Crippen LogP contribution is 2.20. The lowest BCUT2D eigenvalue weighted by atomic mass is 10.0. The third-order valence-corrected chi connectivity index (χ3v) is 4.45. The van der Waals surface area contributed by atoms with E-state index in [0.717, 1.165) is 32.5 Å². The van der Waals surface area contributed by atoms with E-state index in [2.05, 4.69) is 9.80 Å². The van der Waals surface area contributed by atoms with Crippen molar-refractivity contribution >= 4 is 0 Å². The maximum absolute atomic E-state index is 5.99. The summed E-state index contributed by atoms with van der Waals surface area (Å²) in [5.41, 5.74) is 5.99. The van der Waals surface area contributed by atoms with Gasteiger partial charge >= 0.3 is 0 Å². The smallest absolute Gasteiger partial charge is 0.170 e. The molecule has 2 aliphatic heterocycles. The Morgan fingerprint density at radius 2 is 1.70 bits per heavy atom. The third kappa shape index (κ3) is 4.67. The molecule has 5 heteroatoms. The van der Waals surface area contributed by atoms with Gasteiger partial charge in [-0.2, -0.15) is 0 Å². The monoisotopic (exact) mass is 285 g/mol. The van der Waals surface area contributed by atoms with Crippen LogP contribution in [0.2, 0.25) is 0 Å². The zero-order valence-corrected chi connectivity index (χ0v) is 13.1. The van der Waals surface area contributed by atoms with Crippen molar-refractivity contribution in [3.05, 3.63) is 0 Å². The zero-order valence-electron chi connectivity index (χ0n) is 13.1. The van der Waals surface area contributed by atoms with E-state index in [1.807, 2.05) is 13.8 Å². The SMILES string of the molecule is CCOC(CN1CCC(N2CCC(N)CC2)C1)OCC. The third-order valence-electron chi connectivity index (χ3n) is 4.45. The quantitative estimate of drug-likeness (QED) is 0.704. The average Bonchev–Trinajstić information content (AvgIpc) is 2.89. The lowest BCUT2D eigenvalue weighted by Crippen LogP contribution is -2.46. The van der Waals surface area contributed by atoms with Crippen molar-refractivity contribution in [1.29, 1.82) is 0 Å². The van der Waals surface area contributed by atoms with E-state index < -0.39 is 0 Å². The summed E-state index contributed by atoms with van der Waals surface area (Å²) in [6, 6.07) is 1.12. The molecular formula is C15H31N3O2. The molecule has 2 fully saturated rings. The summed E-state index contributed by atoms with van der Waals surface area (Å²) < 4.78 is 11.3. The molecule has 1 unspecified atom stereocenters. The standard InChI is InChI=1S/C15H31N3O2/c1-3-19-15(20-4-2)12-17-8-7-14(11-17)18-9-5-13(16)6-10-18/h13-15H,3-12,16H2,1-2H3. The van der Waals surface area contributed by atoms with Crippen LogP contribution >= 0.6 is 0 Å². The predicted molar refractivity (Wildman–Crippen MR) is 80.7 cm³/mol. The van der Waals surface area contributed by atoms with Gasteiger partial charge in [-0.25, -0.2) is 0 Å². The first-order chi connectivity index (χ1) is 9.72. The molecule has 0 aromatic rings. The second-order valence-corrected chi connectivity index (χ2v) is 5.92. The molecule has 5 nitrogen and oxygen atoms in total. The molecule has 0 spiro atoms. The van der Waals surface area contributed by atoms with Crippen molar-refractivity contribution in [3.63, 3.8) is 0 Å².